The second kappa shape index (κ2) is 4.82. The summed E-state index contributed by atoms with van der Waals surface area (Å²) in [7, 11) is 0. The molecule has 0 aliphatic heterocycles. The molecule has 104 valence electrons. The summed E-state index contributed by atoms with van der Waals surface area (Å²) in [5, 5.41) is 10.3. The fraction of sp³-hybridized carbons (Fsp3) is 0.647. The quantitative estimate of drug-likeness (QED) is 0.806. The van der Waals surface area contributed by atoms with Gasteiger partial charge in [0, 0.05) is 11.6 Å². The molecule has 0 heterocycles. The van der Waals surface area contributed by atoms with E-state index in [1.807, 2.05) is 6.92 Å². The molecule has 0 spiro atoms. The van der Waals surface area contributed by atoms with Crippen molar-refractivity contribution in [1.29, 1.82) is 0 Å². The summed E-state index contributed by atoms with van der Waals surface area (Å²) in [5.41, 5.74) is 11.1. The van der Waals surface area contributed by atoms with Crippen LogP contribution in [0.25, 0.3) is 0 Å². The summed E-state index contributed by atoms with van der Waals surface area (Å²) in [4.78, 5) is 0. The van der Waals surface area contributed by atoms with E-state index < -0.39 is 0 Å². The Balaban J connectivity index is 1.94. The van der Waals surface area contributed by atoms with E-state index in [0.717, 1.165) is 23.5 Å². The Morgan fingerprint density at radius 2 is 1.79 bits per heavy atom. The van der Waals surface area contributed by atoms with Gasteiger partial charge in [-0.3, -0.25) is 0 Å². The van der Waals surface area contributed by atoms with Crippen molar-refractivity contribution < 1.29 is 5.11 Å². The zero-order valence-electron chi connectivity index (χ0n) is 12.1. The van der Waals surface area contributed by atoms with Crippen molar-refractivity contribution in [2.45, 2.75) is 58.4 Å². The van der Waals surface area contributed by atoms with E-state index in [1.165, 1.54) is 43.2 Å². The lowest BCUT2D eigenvalue weighted by molar-refractivity contribution is 0.227. The lowest BCUT2D eigenvalue weighted by Gasteiger charge is -2.30. The second-order valence-electron chi connectivity index (χ2n) is 6.54. The SMILES string of the molecule is Cc1cc(C)c2c(c1O)C(N)C(C1CCCCC1)C2. The molecule has 1 aromatic rings. The van der Waals surface area contributed by atoms with Gasteiger partial charge in [0.1, 0.15) is 5.75 Å². The van der Waals surface area contributed by atoms with E-state index in [1.54, 1.807) is 0 Å². The molecule has 1 saturated carbocycles. The third kappa shape index (κ3) is 2.06. The molecule has 3 rings (SSSR count). The van der Waals surface area contributed by atoms with E-state index in [9.17, 15) is 5.11 Å². The van der Waals surface area contributed by atoms with Crippen molar-refractivity contribution in [2.24, 2.45) is 17.6 Å². The number of hydrogen-bond donors (Lipinski definition) is 2. The van der Waals surface area contributed by atoms with Crippen molar-refractivity contribution in [3.05, 3.63) is 28.3 Å². The molecule has 0 radical (unpaired) electrons. The van der Waals surface area contributed by atoms with Gasteiger partial charge in [0.25, 0.3) is 0 Å². The maximum absolute atomic E-state index is 10.3. The largest absolute Gasteiger partial charge is 0.507 e. The van der Waals surface area contributed by atoms with Gasteiger partial charge in [-0.15, -0.1) is 0 Å². The first-order valence-electron chi connectivity index (χ1n) is 7.67. The number of rotatable bonds is 1. The minimum atomic E-state index is 0.0386. The Bertz CT molecular complexity index is 489. The fourth-order valence-electron chi connectivity index (χ4n) is 4.28. The van der Waals surface area contributed by atoms with Gasteiger partial charge in [-0.05, 0) is 48.8 Å². The highest BCUT2D eigenvalue weighted by Gasteiger charge is 2.38. The summed E-state index contributed by atoms with van der Waals surface area (Å²) in [6.07, 6.45) is 7.81. The van der Waals surface area contributed by atoms with Crippen LogP contribution in [0.1, 0.15) is 60.4 Å². The van der Waals surface area contributed by atoms with Gasteiger partial charge in [0.05, 0.1) is 0 Å². The van der Waals surface area contributed by atoms with Crippen LogP contribution < -0.4 is 5.73 Å². The van der Waals surface area contributed by atoms with Crippen LogP contribution in [0.5, 0.6) is 5.75 Å². The zero-order valence-corrected chi connectivity index (χ0v) is 12.1. The maximum atomic E-state index is 10.3. The minimum absolute atomic E-state index is 0.0386. The summed E-state index contributed by atoms with van der Waals surface area (Å²) >= 11 is 0. The van der Waals surface area contributed by atoms with Gasteiger partial charge in [0.2, 0.25) is 0 Å². The van der Waals surface area contributed by atoms with E-state index in [2.05, 4.69) is 13.0 Å². The topological polar surface area (TPSA) is 46.2 Å². The number of aryl methyl sites for hydroxylation is 2. The van der Waals surface area contributed by atoms with Crippen LogP contribution in [0, 0.1) is 25.7 Å². The third-order valence-corrected chi connectivity index (χ3v) is 5.35. The van der Waals surface area contributed by atoms with E-state index in [-0.39, 0.29) is 6.04 Å². The number of hydrogen-bond acceptors (Lipinski definition) is 2. The second-order valence-corrected chi connectivity index (χ2v) is 6.54. The van der Waals surface area contributed by atoms with Crippen molar-refractivity contribution in [3.63, 3.8) is 0 Å². The number of phenols is 1. The first kappa shape index (κ1) is 13.0. The smallest absolute Gasteiger partial charge is 0.123 e. The van der Waals surface area contributed by atoms with Crippen molar-refractivity contribution in [1.82, 2.24) is 0 Å². The molecule has 0 aromatic heterocycles. The molecule has 0 amide bonds. The van der Waals surface area contributed by atoms with Gasteiger partial charge < -0.3 is 10.8 Å². The van der Waals surface area contributed by atoms with Crippen LogP contribution in [0.4, 0.5) is 0 Å². The van der Waals surface area contributed by atoms with E-state index >= 15 is 0 Å². The minimum Gasteiger partial charge on any atom is -0.507 e. The molecular weight excluding hydrogens is 234 g/mol. The maximum Gasteiger partial charge on any atom is 0.123 e. The highest BCUT2D eigenvalue weighted by Crippen LogP contribution is 2.48. The first-order chi connectivity index (χ1) is 9.09. The van der Waals surface area contributed by atoms with Crippen molar-refractivity contribution >= 4 is 0 Å². The van der Waals surface area contributed by atoms with E-state index in [4.69, 9.17) is 5.73 Å². The van der Waals surface area contributed by atoms with Crippen LogP contribution >= 0.6 is 0 Å². The Morgan fingerprint density at radius 1 is 1.11 bits per heavy atom. The van der Waals surface area contributed by atoms with Gasteiger partial charge in [0.15, 0.2) is 0 Å². The lowest BCUT2D eigenvalue weighted by Crippen LogP contribution is -2.26. The van der Waals surface area contributed by atoms with Crippen LogP contribution in [0.15, 0.2) is 6.07 Å². The van der Waals surface area contributed by atoms with Gasteiger partial charge >= 0.3 is 0 Å². The Hall–Kier alpha value is -1.02. The number of phenolic OH excluding ortho intramolecular Hbond substituents is 1. The van der Waals surface area contributed by atoms with Gasteiger partial charge in [-0.2, -0.15) is 0 Å². The number of aromatic hydroxyl groups is 1. The lowest BCUT2D eigenvalue weighted by atomic mass is 9.77. The normalized spacial score (nSPS) is 27.5. The monoisotopic (exact) mass is 259 g/mol. The molecule has 2 aliphatic carbocycles. The molecule has 2 atom stereocenters. The zero-order chi connectivity index (χ0) is 13.6. The molecule has 2 nitrogen and oxygen atoms in total. The standard InChI is InChI=1S/C17H25NO/c1-10-8-11(2)17(19)15-13(10)9-14(16(15)18)12-6-4-3-5-7-12/h8,12,14,16,19H,3-7,9,18H2,1-2H3. The Labute approximate surface area is 116 Å². The molecule has 0 bridgehead atoms. The summed E-state index contributed by atoms with van der Waals surface area (Å²) in [5.74, 6) is 1.75. The predicted molar refractivity (Wildman–Crippen MR) is 78.3 cm³/mol. The third-order valence-electron chi connectivity index (χ3n) is 5.35. The Morgan fingerprint density at radius 3 is 2.47 bits per heavy atom. The van der Waals surface area contributed by atoms with Crippen LogP contribution in [0.2, 0.25) is 0 Å². The molecule has 3 N–H and O–H groups in total. The summed E-state index contributed by atoms with van der Waals surface area (Å²) in [6, 6.07) is 2.14. The summed E-state index contributed by atoms with van der Waals surface area (Å²) < 4.78 is 0. The van der Waals surface area contributed by atoms with Gasteiger partial charge in [-0.1, -0.05) is 38.2 Å². The van der Waals surface area contributed by atoms with Crippen LogP contribution in [0.3, 0.4) is 0 Å². The molecular formula is C17H25NO. The fourth-order valence-corrected chi connectivity index (χ4v) is 4.28. The van der Waals surface area contributed by atoms with Crippen LogP contribution in [-0.4, -0.2) is 5.11 Å². The first-order valence-corrected chi connectivity index (χ1v) is 7.67. The number of fused-ring (bicyclic) bond motifs is 1. The average molecular weight is 259 g/mol. The van der Waals surface area contributed by atoms with Crippen molar-refractivity contribution in [3.8, 4) is 5.75 Å². The molecule has 2 unspecified atom stereocenters. The highest BCUT2D eigenvalue weighted by atomic mass is 16.3. The highest BCUT2D eigenvalue weighted by molar-refractivity contribution is 5.53. The molecule has 2 aliphatic rings. The molecule has 1 aromatic carbocycles. The summed E-state index contributed by atoms with van der Waals surface area (Å²) in [6.45, 7) is 4.13. The molecule has 0 saturated heterocycles. The van der Waals surface area contributed by atoms with Crippen molar-refractivity contribution in [2.75, 3.05) is 0 Å². The number of benzene rings is 1. The van der Waals surface area contributed by atoms with Crippen LogP contribution in [-0.2, 0) is 6.42 Å². The molecule has 2 heteroatoms. The Kier molecular flexibility index (Phi) is 3.30. The average Bonchev–Trinajstić information content (AvgIpc) is 2.76. The molecule has 1 fully saturated rings. The van der Waals surface area contributed by atoms with E-state index in [0.29, 0.717) is 11.7 Å². The van der Waals surface area contributed by atoms with Gasteiger partial charge in [-0.25, -0.2) is 0 Å². The predicted octanol–water partition coefficient (Wildman–Crippen LogP) is 3.76. The number of nitrogens with two attached hydrogens (primary N) is 1. The molecule has 19 heavy (non-hydrogen) atoms.